The van der Waals surface area contributed by atoms with Crippen LogP contribution in [0.1, 0.15) is 25.7 Å². The molecule has 2 bridgehead atoms. The van der Waals surface area contributed by atoms with Gasteiger partial charge in [0.15, 0.2) is 0 Å². The molecule has 1 spiro atoms. The normalized spacial score (nSPS) is 48.6. The van der Waals surface area contributed by atoms with E-state index >= 15 is 0 Å². The van der Waals surface area contributed by atoms with E-state index in [0.29, 0.717) is 0 Å². The molecule has 1 N–H and O–H groups in total. The molecule has 0 aromatic rings. The summed E-state index contributed by atoms with van der Waals surface area (Å²) in [5.41, 5.74) is 0.191. The molecule has 0 amide bonds. The van der Waals surface area contributed by atoms with Gasteiger partial charge in [-0.2, -0.15) is 0 Å². The molecule has 0 aromatic carbocycles. The molecule has 3 aliphatic heterocycles. The monoisotopic (exact) mass is 196 g/mol. The van der Waals surface area contributed by atoms with Gasteiger partial charge in [0.2, 0.25) is 0 Å². The SMILES string of the molecule is CN1[C@H]2CC[C@H]1CC1(CNCCO1)C2. The molecule has 3 heteroatoms. The van der Waals surface area contributed by atoms with Crippen LogP contribution in [0.15, 0.2) is 0 Å². The van der Waals surface area contributed by atoms with Crippen LogP contribution >= 0.6 is 0 Å². The fourth-order valence-corrected chi connectivity index (χ4v) is 3.49. The van der Waals surface area contributed by atoms with E-state index in [4.69, 9.17) is 4.74 Å². The molecule has 0 saturated carbocycles. The minimum Gasteiger partial charge on any atom is -0.372 e. The molecule has 3 heterocycles. The molecular weight excluding hydrogens is 176 g/mol. The highest BCUT2D eigenvalue weighted by atomic mass is 16.5. The van der Waals surface area contributed by atoms with Crippen LogP contribution in [0.25, 0.3) is 0 Å². The fourth-order valence-electron chi connectivity index (χ4n) is 3.49. The second-order valence-electron chi connectivity index (χ2n) is 5.17. The highest BCUT2D eigenvalue weighted by Gasteiger charge is 2.48. The van der Waals surface area contributed by atoms with E-state index in [1.165, 1.54) is 25.7 Å². The van der Waals surface area contributed by atoms with Crippen molar-refractivity contribution < 1.29 is 4.74 Å². The van der Waals surface area contributed by atoms with Gasteiger partial charge in [0.25, 0.3) is 0 Å². The van der Waals surface area contributed by atoms with Crippen LogP contribution in [0.2, 0.25) is 0 Å². The van der Waals surface area contributed by atoms with Crippen LogP contribution in [0.4, 0.5) is 0 Å². The van der Waals surface area contributed by atoms with Crippen molar-refractivity contribution >= 4 is 0 Å². The van der Waals surface area contributed by atoms with E-state index in [2.05, 4.69) is 17.3 Å². The Bertz CT molecular complexity index is 209. The number of piperidine rings is 1. The third-order valence-corrected chi connectivity index (χ3v) is 4.33. The molecule has 3 nitrogen and oxygen atoms in total. The van der Waals surface area contributed by atoms with Gasteiger partial charge in [0.05, 0.1) is 12.2 Å². The van der Waals surface area contributed by atoms with E-state index in [0.717, 1.165) is 31.8 Å². The first kappa shape index (κ1) is 9.13. The van der Waals surface area contributed by atoms with Gasteiger partial charge in [-0.1, -0.05) is 0 Å². The summed E-state index contributed by atoms with van der Waals surface area (Å²) in [5.74, 6) is 0. The summed E-state index contributed by atoms with van der Waals surface area (Å²) in [7, 11) is 2.28. The van der Waals surface area contributed by atoms with Crippen molar-refractivity contribution in [2.45, 2.75) is 43.4 Å². The first-order valence-electron chi connectivity index (χ1n) is 5.86. The van der Waals surface area contributed by atoms with Gasteiger partial charge < -0.3 is 15.0 Å². The molecule has 14 heavy (non-hydrogen) atoms. The Balaban J connectivity index is 1.77. The van der Waals surface area contributed by atoms with Crippen molar-refractivity contribution in [2.24, 2.45) is 0 Å². The summed E-state index contributed by atoms with van der Waals surface area (Å²) in [6.45, 7) is 3.02. The van der Waals surface area contributed by atoms with Crippen LogP contribution in [0.3, 0.4) is 0 Å². The predicted molar refractivity (Wildman–Crippen MR) is 55.4 cm³/mol. The quantitative estimate of drug-likeness (QED) is 0.614. The molecule has 0 aromatic heterocycles. The minimum atomic E-state index is 0.191. The second kappa shape index (κ2) is 3.19. The molecule has 0 unspecified atom stereocenters. The molecule has 3 rings (SSSR count). The third-order valence-electron chi connectivity index (χ3n) is 4.33. The zero-order chi connectivity index (χ0) is 9.60. The van der Waals surface area contributed by atoms with E-state index in [-0.39, 0.29) is 5.60 Å². The molecule has 0 aliphatic carbocycles. The average molecular weight is 196 g/mol. The van der Waals surface area contributed by atoms with Gasteiger partial charge in [0, 0.05) is 25.2 Å². The molecule has 3 aliphatic rings. The van der Waals surface area contributed by atoms with E-state index < -0.39 is 0 Å². The van der Waals surface area contributed by atoms with Gasteiger partial charge in [-0.25, -0.2) is 0 Å². The summed E-state index contributed by atoms with van der Waals surface area (Å²) in [4.78, 5) is 2.57. The first-order chi connectivity index (χ1) is 6.79. The lowest BCUT2D eigenvalue weighted by Gasteiger charge is -2.47. The average Bonchev–Trinajstić information content (AvgIpc) is 2.45. The molecule has 80 valence electrons. The van der Waals surface area contributed by atoms with Crippen molar-refractivity contribution in [1.82, 2.24) is 10.2 Å². The smallest absolute Gasteiger partial charge is 0.0836 e. The number of hydrogen-bond donors (Lipinski definition) is 1. The summed E-state index contributed by atoms with van der Waals surface area (Å²) in [5, 5.41) is 3.49. The minimum absolute atomic E-state index is 0.191. The molecule has 2 atom stereocenters. The van der Waals surface area contributed by atoms with Crippen LogP contribution in [0.5, 0.6) is 0 Å². The Morgan fingerprint density at radius 2 is 2.00 bits per heavy atom. The fraction of sp³-hybridized carbons (Fsp3) is 1.00. The van der Waals surface area contributed by atoms with Crippen molar-refractivity contribution in [3.05, 3.63) is 0 Å². The van der Waals surface area contributed by atoms with E-state index in [9.17, 15) is 0 Å². The van der Waals surface area contributed by atoms with Gasteiger partial charge in [-0.15, -0.1) is 0 Å². The lowest BCUT2D eigenvalue weighted by Crippen LogP contribution is -2.58. The lowest BCUT2D eigenvalue weighted by atomic mass is 9.85. The number of nitrogens with one attached hydrogen (secondary N) is 1. The number of hydrogen-bond acceptors (Lipinski definition) is 3. The topological polar surface area (TPSA) is 24.5 Å². The van der Waals surface area contributed by atoms with Crippen molar-refractivity contribution in [2.75, 3.05) is 26.7 Å². The highest BCUT2D eigenvalue weighted by molar-refractivity contribution is 5.03. The van der Waals surface area contributed by atoms with Gasteiger partial charge in [0.1, 0.15) is 0 Å². The number of fused-ring (bicyclic) bond motifs is 2. The van der Waals surface area contributed by atoms with Crippen LogP contribution in [-0.4, -0.2) is 49.3 Å². The van der Waals surface area contributed by atoms with Gasteiger partial charge in [-0.3, -0.25) is 0 Å². The summed E-state index contributed by atoms with van der Waals surface area (Å²) in [6.07, 6.45) is 5.25. The maximum absolute atomic E-state index is 6.05. The summed E-state index contributed by atoms with van der Waals surface area (Å²) in [6, 6.07) is 1.57. The van der Waals surface area contributed by atoms with Gasteiger partial charge >= 0.3 is 0 Å². The lowest BCUT2D eigenvalue weighted by molar-refractivity contribution is -0.114. The van der Waals surface area contributed by atoms with E-state index in [1.807, 2.05) is 0 Å². The Labute approximate surface area is 85.8 Å². The molecule has 0 radical (unpaired) electrons. The number of ether oxygens (including phenoxy) is 1. The van der Waals surface area contributed by atoms with Crippen LogP contribution in [-0.2, 0) is 4.74 Å². The zero-order valence-corrected chi connectivity index (χ0v) is 8.96. The maximum atomic E-state index is 6.05. The zero-order valence-electron chi connectivity index (χ0n) is 8.96. The predicted octanol–water partition coefficient (Wildman–Crippen LogP) is 0.602. The number of morpholine rings is 1. The first-order valence-corrected chi connectivity index (χ1v) is 5.86. The Morgan fingerprint density at radius 1 is 1.29 bits per heavy atom. The van der Waals surface area contributed by atoms with Crippen molar-refractivity contribution in [3.63, 3.8) is 0 Å². The summed E-state index contributed by atoms with van der Waals surface area (Å²) < 4.78 is 6.05. The van der Waals surface area contributed by atoms with Gasteiger partial charge in [-0.05, 0) is 32.7 Å². The Hall–Kier alpha value is -0.120. The maximum Gasteiger partial charge on any atom is 0.0836 e. The second-order valence-corrected chi connectivity index (χ2v) is 5.17. The third kappa shape index (κ3) is 1.30. The van der Waals surface area contributed by atoms with E-state index in [1.54, 1.807) is 0 Å². The summed E-state index contributed by atoms with van der Waals surface area (Å²) >= 11 is 0. The Morgan fingerprint density at radius 3 is 2.57 bits per heavy atom. The molecule has 3 saturated heterocycles. The Kier molecular flexibility index (Phi) is 2.08. The number of rotatable bonds is 0. The van der Waals surface area contributed by atoms with Crippen molar-refractivity contribution in [1.29, 1.82) is 0 Å². The van der Waals surface area contributed by atoms with Crippen molar-refractivity contribution in [3.8, 4) is 0 Å². The van der Waals surface area contributed by atoms with Crippen LogP contribution < -0.4 is 5.32 Å². The molecule has 3 fully saturated rings. The van der Waals surface area contributed by atoms with Crippen LogP contribution in [0, 0.1) is 0 Å². The highest BCUT2D eigenvalue weighted by Crippen LogP contribution is 2.41. The number of nitrogens with zero attached hydrogens (tertiary/aromatic N) is 1. The largest absolute Gasteiger partial charge is 0.372 e. The standard InChI is InChI=1S/C11H20N2O/c1-13-9-2-3-10(13)7-11(6-9)8-12-4-5-14-11/h9-10,12H,2-8H2,1H3/t9-,10-/m0/s1. The molecular formula is C11H20N2O.